The number of fused-ring (bicyclic) bond motifs is 2. The van der Waals surface area contributed by atoms with Gasteiger partial charge in [0.2, 0.25) is 10.0 Å². The van der Waals surface area contributed by atoms with Crippen molar-refractivity contribution in [2.45, 2.75) is 50.0 Å². The number of benzene rings is 6. The van der Waals surface area contributed by atoms with Gasteiger partial charge in [-0.1, -0.05) is 122 Å². The first kappa shape index (κ1) is 34.1. The lowest BCUT2D eigenvalue weighted by Gasteiger charge is -2.42. The molecule has 1 fully saturated rings. The van der Waals surface area contributed by atoms with E-state index < -0.39 is 16.3 Å². The maximum absolute atomic E-state index is 12.8. The summed E-state index contributed by atoms with van der Waals surface area (Å²) in [6.07, 6.45) is -1.02. The fraction of sp³-hybridized carbons (Fsp3) is 0.238. The predicted octanol–water partition coefficient (Wildman–Crippen LogP) is 7.89. The van der Waals surface area contributed by atoms with E-state index in [1.165, 1.54) is 27.1 Å². The van der Waals surface area contributed by atoms with Gasteiger partial charge in [0, 0.05) is 31.1 Å². The summed E-state index contributed by atoms with van der Waals surface area (Å²) in [4.78, 5) is 2.57. The first-order valence-corrected chi connectivity index (χ1v) is 18.5. The lowest BCUT2D eigenvalue weighted by atomic mass is 9.89. The topological polar surface area (TPSA) is 88.1 Å². The summed E-state index contributed by atoms with van der Waals surface area (Å²) >= 11 is 0. The van der Waals surface area contributed by atoms with Crippen molar-refractivity contribution in [2.24, 2.45) is 5.92 Å². The number of aliphatic hydroxyl groups excluding tert-OH is 1. The molecule has 8 heteroatoms. The second-order valence-corrected chi connectivity index (χ2v) is 15.0. The van der Waals surface area contributed by atoms with Crippen molar-refractivity contribution in [1.82, 2.24) is 9.62 Å². The molecule has 1 unspecified atom stereocenters. The van der Waals surface area contributed by atoms with Crippen LogP contribution in [0.4, 0.5) is 0 Å². The summed E-state index contributed by atoms with van der Waals surface area (Å²) in [5.41, 5.74) is 4.86. The van der Waals surface area contributed by atoms with Gasteiger partial charge >= 0.3 is 0 Å². The van der Waals surface area contributed by atoms with Crippen molar-refractivity contribution in [3.8, 4) is 0 Å². The van der Waals surface area contributed by atoms with E-state index in [1.54, 1.807) is 30.3 Å². The lowest BCUT2D eigenvalue weighted by molar-refractivity contribution is -0.276. The molecule has 7 nitrogen and oxygen atoms in total. The van der Waals surface area contributed by atoms with Crippen LogP contribution >= 0.6 is 0 Å². The first-order valence-electron chi connectivity index (χ1n) is 17.0. The fourth-order valence-corrected chi connectivity index (χ4v) is 7.94. The smallest absolute Gasteiger partial charge is 0.240 e. The molecule has 50 heavy (non-hydrogen) atoms. The van der Waals surface area contributed by atoms with Crippen molar-refractivity contribution in [1.29, 1.82) is 0 Å². The van der Waals surface area contributed by atoms with Gasteiger partial charge in [-0.05, 0) is 69.0 Å². The summed E-state index contributed by atoms with van der Waals surface area (Å²) < 4.78 is 41.7. The molecule has 1 saturated heterocycles. The second-order valence-electron chi connectivity index (χ2n) is 13.2. The highest BCUT2D eigenvalue weighted by Crippen LogP contribution is 2.42. The van der Waals surface area contributed by atoms with Crippen molar-refractivity contribution in [3.63, 3.8) is 0 Å². The van der Waals surface area contributed by atoms with Crippen LogP contribution < -0.4 is 4.72 Å². The lowest BCUT2D eigenvalue weighted by Crippen LogP contribution is -2.43. The highest BCUT2D eigenvalue weighted by molar-refractivity contribution is 7.89. The third-order valence-electron chi connectivity index (χ3n) is 9.70. The first-order chi connectivity index (χ1) is 24.3. The number of hydrogen-bond acceptors (Lipinski definition) is 6. The van der Waals surface area contributed by atoms with Crippen molar-refractivity contribution in [3.05, 3.63) is 161 Å². The average molecular weight is 687 g/mol. The Bertz CT molecular complexity index is 2120. The van der Waals surface area contributed by atoms with Crippen LogP contribution in [0.15, 0.2) is 138 Å². The van der Waals surface area contributed by atoms with Crippen LogP contribution in [-0.4, -0.2) is 38.1 Å². The van der Waals surface area contributed by atoms with Crippen LogP contribution in [-0.2, 0) is 39.2 Å². The van der Waals surface area contributed by atoms with Crippen LogP contribution in [0.2, 0.25) is 0 Å². The van der Waals surface area contributed by atoms with Crippen molar-refractivity contribution in [2.75, 3.05) is 13.6 Å². The highest BCUT2D eigenvalue weighted by Gasteiger charge is 2.39. The molecule has 1 aliphatic rings. The molecule has 4 atom stereocenters. The number of nitrogens with zero attached hydrogens (tertiary/aromatic N) is 1. The minimum atomic E-state index is -3.62. The van der Waals surface area contributed by atoms with Gasteiger partial charge in [0.1, 0.15) is 0 Å². The van der Waals surface area contributed by atoms with Gasteiger partial charge in [0.15, 0.2) is 6.29 Å². The molecule has 0 bridgehead atoms. The Morgan fingerprint density at radius 3 is 1.94 bits per heavy atom. The van der Waals surface area contributed by atoms with E-state index in [4.69, 9.17) is 9.47 Å². The number of rotatable bonds is 11. The molecule has 1 aliphatic heterocycles. The molecule has 0 aliphatic carbocycles. The summed E-state index contributed by atoms with van der Waals surface area (Å²) in [7, 11) is -1.48. The van der Waals surface area contributed by atoms with Gasteiger partial charge in [-0.25, -0.2) is 13.1 Å². The van der Waals surface area contributed by atoms with Crippen LogP contribution in [0.3, 0.4) is 0 Å². The average Bonchev–Trinajstić information content (AvgIpc) is 3.15. The zero-order valence-corrected chi connectivity index (χ0v) is 29.1. The number of sulfonamides is 1. The standard InChI is InChI=1S/C42H42N2O5S/c1-29-40(27-44(2)26-39-37-14-8-6-10-34(37)24-35-11-7-9-15-38(35)39)48-42(49-41(29)32-20-18-31(28-45)19-21-32)33-22-16-30(17-23-33)25-43-50(46,47)36-12-4-3-5-13-36/h3-24,29,40-43,45H,25-28H2,1-2H3/t29-,40+,41+,42?/m0/s1. The second kappa shape index (κ2) is 14.8. The minimum absolute atomic E-state index is 0.0166. The molecule has 0 saturated carbocycles. The van der Waals surface area contributed by atoms with Crippen LogP contribution in [0.25, 0.3) is 21.5 Å². The molecule has 0 radical (unpaired) electrons. The number of ether oxygens (including phenoxy) is 2. The molecule has 0 aromatic heterocycles. The molecule has 7 rings (SSSR count). The highest BCUT2D eigenvalue weighted by atomic mass is 32.2. The largest absolute Gasteiger partial charge is 0.392 e. The molecular weight excluding hydrogens is 645 g/mol. The molecule has 0 amide bonds. The molecular formula is C42H42N2O5S. The van der Waals surface area contributed by atoms with Gasteiger partial charge in [-0.15, -0.1) is 0 Å². The predicted molar refractivity (Wildman–Crippen MR) is 198 cm³/mol. The Balaban J connectivity index is 1.12. The van der Waals surface area contributed by atoms with Gasteiger partial charge < -0.3 is 14.6 Å². The zero-order chi connectivity index (χ0) is 34.7. The summed E-state index contributed by atoms with van der Waals surface area (Å²) in [6.45, 7) is 3.76. The van der Waals surface area contributed by atoms with Crippen LogP contribution in [0, 0.1) is 5.92 Å². The maximum Gasteiger partial charge on any atom is 0.240 e. The Hall–Kier alpha value is -4.41. The van der Waals surface area contributed by atoms with Crippen molar-refractivity contribution < 1.29 is 23.0 Å². The maximum atomic E-state index is 12.8. The van der Waals surface area contributed by atoms with E-state index in [-0.39, 0.29) is 36.2 Å². The Kier molecular flexibility index (Phi) is 10.1. The molecule has 1 heterocycles. The van der Waals surface area contributed by atoms with Gasteiger partial charge in [-0.3, -0.25) is 4.90 Å². The number of aliphatic hydroxyl groups is 1. The van der Waals surface area contributed by atoms with Crippen LogP contribution in [0.1, 0.15) is 47.1 Å². The Morgan fingerprint density at radius 1 is 0.720 bits per heavy atom. The van der Waals surface area contributed by atoms with E-state index in [1.807, 2.05) is 48.5 Å². The monoisotopic (exact) mass is 686 g/mol. The zero-order valence-electron chi connectivity index (χ0n) is 28.3. The summed E-state index contributed by atoms with van der Waals surface area (Å²) in [6, 6.07) is 43.4. The summed E-state index contributed by atoms with van der Waals surface area (Å²) in [5.74, 6) is 0.0320. The van der Waals surface area contributed by atoms with E-state index in [9.17, 15) is 13.5 Å². The normalized spacial score (nSPS) is 19.7. The van der Waals surface area contributed by atoms with Gasteiger partial charge in [0.25, 0.3) is 0 Å². The minimum Gasteiger partial charge on any atom is -0.392 e. The molecule has 2 N–H and O–H groups in total. The number of hydrogen-bond donors (Lipinski definition) is 2. The van der Waals surface area contributed by atoms with Gasteiger partial charge in [0.05, 0.1) is 23.7 Å². The van der Waals surface area contributed by atoms with E-state index in [0.29, 0.717) is 6.54 Å². The van der Waals surface area contributed by atoms with Crippen molar-refractivity contribution >= 4 is 31.6 Å². The van der Waals surface area contributed by atoms with Crippen LogP contribution in [0.5, 0.6) is 0 Å². The Morgan fingerprint density at radius 2 is 1.30 bits per heavy atom. The molecule has 6 aromatic rings. The van der Waals surface area contributed by atoms with Gasteiger partial charge in [-0.2, -0.15) is 0 Å². The third-order valence-corrected chi connectivity index (χ3v) is 11.1. The van der Waals surface area contributed by atoms with E-state index in [0.717, 1.165) is 28.8 Å². The molecule has 6 aromatic carbocycles. The van der Waals surface area contributed by atoms with E-state index in [2.05, 4.69) is 78.2 Å². The number of nitrogens with one attached hydrogen (secondary N) is 1. The third kappa shape index (κ3) is 7.37. The number of likely N-dealkylation sites (N-methyl/N-ethyl adjacent to an activating group) is 1. The SMILES string of the molecule is C[C@H]1[C@@H](CN(C)Cc2c3ccccc3cc3ccccc23)OC(c2ccc(CNS(=O)(=O)c3ccccc3)cc2)O[C@H]1c1ccc(CO)cc1. The molecule has 0 spiro atoms. The quantitative estimate of drug-likeness (QED) is 0.135. The summed E-state index contributed by atoms with van der Waals surface area (Å²) in [5, 5.41) is 14.6. The molecule has 256 valence electrons. The Labute approximate surface area is 294 Å². The fourth-order valence-electron chi connectivity index (χ4n) is 6.90. The van der Waals surface area contributed by atoms with E-state index >= 15 is 0 Å².